The van der Waals surface area contributed by atoms with Crippen LogP contribution in [-0.2, 0) is 11.8 Å². The largest absolute Gasteiger partial charge is 0.335 e. The molecular formula is C24H27N5O2. The van der Waals surface area contributed by atoms with Gasteiger partial charge in [0.1, 0.15) is 0 Å². The second-order valence-corrected chi connectivity index (χ2v) is 8.89. The number of aryl methyl sites for hydroxylation is 1. The Morgan fingerprint density at radius 3 is 2.45 bits per heavy atom. The van der Waals surface area contributed by atoms with Gasteiger partial charge in [-0.1, -0.05) is 18.2 Å². The highest BCUT2D eigenvalue weighted by atomic mass is 16.2. The van der Waals surface area contributed by atoms with E-state index in [0.29, 0.717) is 25.2 Å². The molecule has 31 heavy (non-hydrogen) atoms. The summed E-state index contributed by atoms with van der Waals surface area (Å²) < 4.78 is 1.99. The van der Waals surface area contributed by atoms with Gasteiger partial charge in [0.15, 0.2) is 0 Å². The smallest absolute Gasteiger partial charge is 0.253 e. The Morgan fingerprint density at radius 1 is 1.06 bits per heavy atom. The molecular weight excluding hydrogens is 390 g/mol. The van der Waals surface area contributed by atoms with Crippen molar-refractivity contribution in [3.63, 3.8) is 0 Å². The van der Waals surface area contributed by atoms with Gasteiger partial charge >= 0.3 is 0 Å². The Hall–Kier alpha value is -3.19. The van der Waals surface area contributed by atoms with E-state index in [2.05, 4.69) is 23.2 Å². The van der Waals surface area contributed by atoms with Gasteiger partial charge in [-0.2, -0.15) is 0 Å². The lowest BCUT2D eigenvalue weighted by Crippen LogP contribution is -2.59. The number of hydrogen-bond donors (Lipinski definition) is 1. The normalized spacial score (nSPS) is 20.2. The molecule has 2 aliphatic rings. The summed E-state index contributed by atoms with van der Waals surface area (Å²) in [6.45, 7) is 3.58. The summed E-state index contributed by atoms with van der Waals surface area (Å²) in [5.41, 5.74) is 10.2. The van der Waals surface area contributed by atoms with Crippen LogP contribution in [0.15, 0.2) is 48.8 Å². The third kappa shape index (κ3) is 3.49. The van der Waals surface area contributed by atoms with Crippen LogP contribution in [0.1, 0.15) is 30.1 Å². The highest BCUT2D eigenvalue weighted by molar-refractivity contribution is 5.95. The molecule has 2 N–H and O–H groups in total. The minimum atomic E-state index is -0.658. The number of nitrogens with two attached hydrogens (primary N) is 1. The van der Waals surface area contributed by atoms with Crippen molar-refractivity contribution in [1.29, 1.82) is 0 Å². The first-order valence-electron chi connectivity index (χ1n) is 10.8. The Kier molecular flexibility index (Phi) is 4.59. The molecule has 3 aromatic rings. The van der Waals surface area contributed by atoms with E-state index in [1.165, 1.54) is 0 Å². The highest BCUT2D eigenvalue weighted by Gasteiger charge is 2.49. The van der Waals surface area contributed by atoms with E-state index in [1.54, 1.807) is 0 Å². The Labute approximate surface area is 181 Å². The van der Waals surface area contributed by atoms with Gasteiger partial charge in [-0.3, -0.25) is 9.59 Å². The standard InChI is InChI=1S/C24H27N5O2/c1-16-14-28(11-12-29(16)23(31)24(25)9-10-24)22(30)18-5-3-17(4-6-18)19-7-8-21-20(13-19)26-15-27(21)2/h3-8,13,15-16H,9-12,14,25H2,1-2H3. The first-order chi connectivity index (χ1) is 14.9. The molecule has 1 aliphatic carbocycles. The quantitative estimate of drug-likeness (QED) is 0.709. The van der Waals surface area contributed by atoms with E-state index in [1.807, 2.05) is 58.9 Å². The topological polar surface area (TPSA) is 84.5 Å². The van der Waals surface area contributed by atoms with Crippen LogP contribution < -0.4 is 5.73 Å². The molecule has 2 heterocycles. The molecule has 2 aromatic carbocycles. The van der Waals surface area contributed by atoms with Gasteiger partial charge in [0, 0.05) is 38.3 Å². The second kappa shape index (κ2) is 7.20. The Bertz CT molecular complexity index is 1160. The summed E-state index contributed by atoms with van der Waals surface area (Å²) in [4.78, 5) is 33.7. The van der Waals surface area contributed by atoms with E-state index in [-0.39, 0.29) is 17.9 Å². The van der Waals surface area contributed by atoms with Crippen LogP contribution in [0.25, 0.3) is 22.2 Å². The van der Waals surface area contributed by atoms with E-state index in [9.17, 15) is 9.59 Å². The number of nitrogens with zero attached hydrogens (tertiary/aromatic N) is 4. The van der Waals surface area contributed by atoms with Crippen molar-refractivity contribution in [1.82, 2.24) is 19.4 Å². The summed E-state index contributed by atoms with van der Waals surface area (Å²) in [6, 6.07) is 13.9. The zero-order valence-electron chi connectivity index (χ0n) is 17.9. The van der Waals surface area contributed by atoms with Gasteiger partial charge in [-0.25, -0.2) is 4.98 Å². The van der Waals surface area contributed by atoms with Gasteiger partial charge in [0.2, 0.25) is 5.91 Å². The molecule has 2 fully saturated rings. The number of amides is 2. The average Bonchev–Trinajstić information content (AvgIpc) is 3.44. The van der Waals surface area contributed by atoms with Crippen LogP contribution >= 0.6 is 0 Å². The maximum absolute atomic E-state index is 13.0. The van der Waals surface area contributed by atoms with Crippen LogP contribution in [0.3, 0.4) is 0 Å². The molecule has 2 amide bonds. The van der Waals surface area contributed by atoms with Crippen LogP contribution in [0, 0.1) is 0 Å². The number of aromatic nitrogens is 2. The lowest BCUT2D eigenvalue weighted by atomic mass is 10.0. The van der Waals surface area contributed by atoms with Crippen molar-refractivity contribution in [3.8, 4) is 11.1 Å². The zero-order valence-corrected chi connectivity index (χ0v) is 17.9. The Morgan fingerprint density at radius 2 is 1.77 bits per heavy atom. The van der Waals surface area contributed by atoms with Crippen molar-refractivity contribution in [2.45, 2.75) is 31.3 Å². The minimum absolute atomic E-state index is 0.000407. The number of hydrogen-bond acceptors (Lipinski definition) is 4. The average molecular weight is 418 g/mol. The molecule has 7 heteroatoms. The molecule has 1 saturated heterocycles. The first kappa shape index (κ1) is 19.8. The number of benzene rings is 2. The van der Waals surface area contributed by atoms with Gasteiger partial charge in [-0.05, 0) is 55.2 Å². The van der Waals surface area contributed by atoms with Crippen molar-refractivity contribution in [2.75, 3.05) is 19.6 Å². The lowest BCUT2D eigenvalue weighted by Gasteiger charge is -2.41. The molecule has 0 spiro atoms. The fourth-order valence-corrected chi connectivity index (χ4v) is 4.38. The molecule has 1 aliphatic heterocycles. The molecule has 160 valence electrons. The van der Waals surface area contributed by atoms with E-state index < -0.39 is 5.54 Å². The van der Waals surface area contributed by atoms with Crippen LogP contribution in [0.2, 0.25) is 0 Å². The monoisotopic (exact) mass is 417 g/mol. The fourth-order valence-electron chi connectivity index (χ4n) is 4.38. The number of imidazole rings is 1. The van der Waals surface area contributed by atoms with Crippen LogP contribution in [-0.4, -0.2) is 62.4 Å². The number of carbonyl (C=O) groups is 2. The van der Waals surface area contributed by atoms with Crippen molar-refractivity contribution < 1.29 is 9.59 Å². The van der Waals surface area contributed by atoms with Crippen LogP contribution in [0.4, 0.5) is 0 Å². The molecule has 0 bridgehead atoms. The highest BCUT2D eigenvalue weighted by Crippen LogP contribution is 2.35. The van der Waals surface area contributed by atoms with E-state index in [4.69, 9.17) is 5.73 Å². The number of carbonyl (C=O) groups excluding carboxylic acids is 2. The zero-order chi connectivity index (χ0) is 21.8. The SMILES string of the molecule is CC1CN(C(=O)c2ccc(-c3ccc4c(c3)ncn4C)cc2)CCN1C(=O)C1(N)CC1. The molecule has 1 aromatic heterocycles. The van der Waals surface area contributed by atoms with Gasteiger partial charge in [-0.15, -0.1) is 0 Å². The molecule has 1 atom stereocenters. The van der Waals surface area contributed by atoms with Crippen LogP contribution in [0.5, 0.6) is 0 Å². The fraction of sp³-hybridized carbons (Fsp3) is 0.375. The summed E-state index contributed by atoms with van der Waals surface area (Å²) in [5.74, 6) is 0.0286. The first-order valence-corrected chi connectivity index (χ1v) is 10.8. The van der Waals surface area contributed by atoms with Crippen molar-refractivity contribution >= 4 is 22.8 Å². The van der Waals surface area contributed by atoms with E-state index in [0.717, 1.165) is 35.0 Å². The molecule has 1 saturated carbocycles. The molecule has 0 radical (unpaired) electrons. The maximum Gasteiger partial charge on any atom is 0.253 e. The second-order valence-electron chi connectivity index (χ2n) is 8.89. The third-order valence-corrected chi connectivity index (χ3v) is 6.58. The number of fused-ring (bicyclic) bond motifs is 1. The van der Waals surface area contributed by atoms with Crippen molar-refractivity contribution in [3.05, 3.63) is 54.4 Å². The van der Waals surface area contributed by atoms with Gasteiger partial charge in [0.25, 0.3) is 5.91 Å². The predicted octanol–water partition coefficient (Wildman–Crippen LogP) is 2.40. The van der Waals surface area contributed by atoms with Gasteiger partial charge in [0.05, 0.1) is 22.9 Å². The molecule has 1 unspecified atom stereocenters. The van der Waals surface area contributed by atoms with Gasteiger partial charge < -0.3 is 20.1 Å². The number of rotatable bonds is 3. The Balaban J connectivity index is 1.28. The van der Waals surface area contributed by atoms with Crippen molar-refractivity contribution in [2.24, 2.45) is 12.8 Å². The third-order valence-electron chi connectivity index (χ3n) is 6.58. The summed E-state index contributed by atoms with van der Waals surface area (Å²) >= 11 is 0. The predicted molar refractivity (Wildman–Crippen MR) is 119 cm³/mol. The molecule has 7 nitrogen and oxygen atoms in total. The minimum Gasteiger partial charge on any atom is -0.335 e. The summed E-state index contributed by atoms with van der Waals surface area (Å²) in [6.07, 6.45) is 3.33. The van der Waals surface area contributed by atoms with E-state index >= 15 is 0 Å². The summed E-state index contributed by atoms with van der Waals surface area (Å²) in [7, 11) is 1.98. The maximum atomic E-state index is 13.0. The summed E-state index contributed by atoms with van der Waals surface area (Å²) in [5, 5.41) is 0. The molecule has 5 rings (SSSR count). The lowest BCUT2D eigenvalue weighted by molar-refractivity contribution is -0.137. The number of piperazine rings is 1.